The minimum Gasteiger partial charge on any atom is -0.354 e. The number of aryl methyl sites for hydroxylation is 2. The van der Waals surface area contributed by atoms with E-state index in [0.29, 0.717) is 0 Å². The molecule has 0 radical (unpaired) electrons. The van der Waals surface area contributed by atoms with Gasteiger partial charge in [-0.3, -0.25) is 10.00 Å². The highest BCUT2D eigenvalue weighted by molar-refractivity contribution is 5.39. The Balaban J connectivity index is 1.37. The van der Waals surface area contributed by atoms with Crippen LogP contribution in [0, 0.1) is 6.92 Å². The number of hydrogen-bond donors (Lipinski definition) is 1. The molecule has 6 heteroatoms. The molecule has 1 N–H and O–H groups in total. The van der Waals surface area contributed by atoms with Crippen LogP contribution in [0.2, 0.25) is 0 Å². The minimum atomic E-state index is 0.975. The fraction of sp³-hybridized carbons (Fsp3) is 0.588. The van der Waals surface area contributed by atoms with Crippen molar-refractivity contribution >= 4 is 5.82 Å². The molecule has 0 amide bonds. The average molecular weight is 312 g/mol. The number of H-pyrrole nitrogens is 1. The van der Waals surface area contributed by atoms with Gasteiger partial charge in [0.05, 0.1) is 5.69 Å². The van der Waals surface area contributed by atoms with Crippen LogP contribution in [0.15, 0.2) is 12.4 Å². The van der Waals surface area contributed by atoms with Crippen LogP contribution in [-0.2, 0) is 19.4 Å². The molecule has 2 aromatic rings. The summed E-state index contributed by atoms with van der Waals surface area (Å²) in [7, 11) is 0. The van der Waals surface area contributed by atoms with Gasteiger partial charge >= 0.3 is 0 Å². The van der Waals surface area contributed by atoms with Gasteiger partial charge < -0.3 is 4.90 Å². The van der Waals surface area contributed by atoms with E-state index in [1.54, 1.807) is 6.33 Å². The molecule has 0 unspecified atom stereocenters. The normalized spacial score (nSPS) is 18.9. The highest BCUT2D eigenvalue weighted by Gasteiger charge is 2.22. The van der Waals surface area contributed by atoms with Crippen molar-refractivity contribution < 1.29 is 0 Å². The molecule has 0 spiro atoms. The zero-order chi connectivity index (χ0) is 15.6. The molecule has 1 aliphatic carbocycles. The number of piperazine rings is 1. The third kappa shape index (κ3) is 3.08. The number of hydrogen-bond acceptors (Lipinski definition) is 5. The second-order valence-electron chi connectivity index (χ2n) is 6.62. The third-order valence-corrected chi connectivity index (χ3v) is 5.00. The van der Waals surface area contributed by atoms with Crippen LogP contribution in [0.1, 0.15) is 35.5 Å². The minimum absolute atomic E-state index is 0.975. The number of aromatic nitrogens is 4. The Morgan fingerprint density at radius 3 is 2.74 bits per heavy atom. The topological polar surface area (TPSA) is 60.9 Å². The first kappa shape index (κ1) is 14.6. The lowest BCUT2D eigenvalue weighted by atomic mass is 9.96. The van der Waals surface area contributed by atoms with Crippen LogP contribution in [0.5, 0.6) is 0 Å². The van der Waals surface area contributed by atoms with Crippen molar-refractivity contribution in [2.75, 3.05) is 31.1 Å². The summed E-state index contributed by atoms with van der Waals surface area (Å²) in [6.45, 7) is 7.14. The van der Waals surface area contributed by atoms with Crippen molar-refractivity contribution in [1.29, 1.82) is 0 Å². The van der Waals surface area contributed by atoms with Crippen molar-refractivity contribution in [1.82, 2.24) is 25.1 Å². The largest absolute Gasteiger partial charge is 0.354 e. The quantitative estimate of drug-likeness (QED) is 0.935. The van der Waals surface area contributed by atoms with Gasteiger partial charge in [-0.15, -0.1) is 0 Å². The second kappa shape index (κ2) is 6.28. The third-order valence-electron chi connectivity index (χ3n) is 5.00. The maximum absolute atomic E-state index is 4.58. The first-order chi connectivity index (χ1) is 11.3. The molecule has 0 bridgehead atoms. The predicted octanol–water partition coefficient (Wildman–Crippen LogP) is 1.71. The summed E-state index contributed by atoms with van der Waals surface area (Å²) < 4.78 is 0. The van der Waals surface area contributed by atoms with Crippen molar-refractivity contribution in [2.24, 2.45) is 0 Å². The van der Waals surface area contributed by atoms with E-state index in [-0.39, 0.29) is 0 Å². The lowest BCUT2D eigenvalue weighted by molar-refractivity contribution is 0.245. The van der Waals surface area contributed by atoms with E-state index in [4.69, 9.17) is 0 Å². The zero-order valence-electron chi connectivity index (χ0n) is 13.8. The highest BCUT2D eigenvalue weighted by atomic mass is 15.3. The number of fused-ring (bicyclic) bond motifs is 1. The Morgan fingerprint density at radius 2 is 1.91 bits per heavy atom. The number of rotatable bonds is 3. The lowest BCUT2D eigenvalue weighted by Gasteiger charge is -2.35. The fourth-order valence-electron chi connectivity index (χ4n) is 3.64. The van der Waals surface area contributed by atoms with Gasteiger partial charge in [0, 0.05) is 50.2 Å². The molecule has 0 saturated carbocycles. The monoisotopic (exact) mass is 312 g/mol. The van der Waals surface area contributed by atoms with Crippen molar-refractivity contribution in [3.05, 3.63) is 35.0 Å². The first-order valence-electron chi connectivity index (χ1n) is 8.60. The van der Waals surface area contributed by atoms with Gasteiger partial charge in [0.1, 0.15) is 12.1 Å². The Labute approximate surface area is 136 Å². The van der Waals surface area contributed by atoms with E-state index in [2.05, 4.69) is 36.0 Å². The molecule has 0 atom stereocenters. The number of aromatic amines is 1. The SMILES string of the molecule is Cc1cc(N2CCN(Cc3n[nH]c4c3CCCC4)CC2)ncn1. The summed E-state index contributed by atoms with van der Waals surface area (Å²) in [4.78, 5) is 13.4. The Morgan fingerprint density at radius 1 is 1.09 bits per heavy atom. The summed E-state index contributed by atoms with van der Waals surface area (Å²) >= 11 is 0. The van der Waals surface area contributed by atoms with Crippen LogP contribution in [-0.4, -0.2) is 51.2 Å². The first-order valence-corrected chi connectivity index (χ1v) is 8.60. The molecular formula is C17H24N6. The van der Waals surface area contributed by atoms with Crippen LogP contribution in [0.25, 0.3) is 0 Å². The molecule has 122 valence electrons. The number of nitrogens with zero attached hydrogens (tertiary/aromatic N) is 5. The molecule has 1 aliphatic heterocycles. The molecule has 1 saturated heterocycles. The fourth-order valence-corrected chi connectivity index (χ4v) is 3.64. The molecule has 6 nitrogen and oxygen atoms in total. The zero-order valence-corrected chi connectivity index (χ0v) is 13.8. The van der Waals surface area contributed by atoms with Crippen LogP contribution in [0.4, 0.5) is 5.82 Å². The summed E-state index contributed by atoms with van der Waals surface area (Å²) in [6.07, 6.45) is 6.63. The predicted molar refractivity (Wildman–Crippen MR) is 89.5 cm³/mol. The Kier molecular flexibility index (Phi) is 3.99. The summed E-state index contributed by atoms with van der Waals surface area (Å²) in [5.41, 5.74) is 5.16. The smallest absolute Gasteiger partial charge is 0.132 e. The molecule has 3 heterocycles. The van der Waals surface area contributed by atoms with E-state index in [1.165, 1.54) is 42.6 Å². The average Bonchev–Trinajstić information content (AvgIpc) is 2.99. The lowest BCUT2D eigenvalue weighted by Crippen LogP contribution is -2.46. The van der Waals surface area contributed by atoms with Crippen molar-refractivity contribution in [2.45, 2.75) is 39.2 Å². The van der Waals surface area contributed by atoms with Crippen LogP contribution < -0.4 is 4.90 Å². The van der Waals surface area contributed by atoms with E-state index >= 15 is 0 Å². The molecule has 2 aromatic heterocycles. The molecule has 4 rings (SSSR count). The van der Waals surface area contributed by atoms with E-state index in [9.17, 15) is 0 Å². The number of anilines is 1. The van der Waals surface area contributed by atoms with E-state index < -0.39 is 0 Å². The van der Waals surface area contributed by atoms with Gasteiger partial charge in [-0.2, -0.15) is 5.10 Å². The molecular weight excluding hydrogens is 288 g/mol. The van der Waals surface area contributed by atoms with Crippen molar-refractivity contribution in [3.63, 3.8) is 0 Å². The highest BCUT2D eigenvalue weighted by Crippen LogP contribution is 2.23. The van der Waals surface area contributed by atoms with E-state index in [1.807, 2.05) is 6.92 Å². The van der Waals surface area contributed by atoms with Gasteiger partial charge in [-0.25, -0.2) is 9.97 Å². The molecule has 23 heavy (non-hydrogen) atoms. The van der Waals surface area contributed by atoms with Crippen molar-refractivity contribution in [3.8, 4) is 0 Å². The Hall–Kier alpha value is -1.95. The summed E-state index contributed by atoms with van der Waals surface area (Å²) in [5.74, 6) is 1.05. The van der Waals surface area contributed by atoms with Gasteiger partial charge in [0.2, 0.25) is 0 Å². The molecule has 0 aromatic carbocycles. The van der Waals surface area contributed by atoms with Gasteiger partial charge in [-0.1, -0.05) is 0 Å². The maximum Gasteiger partial charge on any atom is 0.132 e. The standard InChI is InChI=1S/C17H24N6/c1-13-10-17(19-12-18-13)23-8-6-22(7-9-23)11-16-14-4-2-3-5-15(14)20-21-16/h10,12H,2-9,11H2,1H3,(H,20,21). The Bertz CT molecular complexity index is 671. The van der Waals surface area contributed by atoms with Gasteiger partial charge in [0.15, 0.2) is 0 Å². The molecule has 1 fully saturated rings. The second-order valence-corrected chi connectivity index (χ2v) is 6.62. The molecule has 2 aliphatic rings. The van der Waals surface area contributed by atoms with Crippen LogP contribution >= 0.6 is 0 Å². The maximum atomic E-state index is 4.58. The number of nitrogens with one attached hydrogen (secondary N) is 1. The van der Waals surface area contributed by atoms with Crippen LogP contribution in [0.3, 0.4) is 0 Å². The van der Waals surface area contributed by atoms with Gasteiger partial charge in [-0.05, 0) is 38.2 Å². The summed E-state index contributed by atoms with van der Waals surface area (Å²) in [6, 6.07) is 2.07. The van der Waals surface area contributed by atoms with E-state index in [0.717, 1.165) is 44.2 Å². The summed E-state index contributed by atoms with van der Waals surface area (Å²) in [5, 5.41) is 7.83. The van der Waals surface area contributed by atoms with Gasteiger partial charge in [0.25, 0.3) is 0 Å².